The fourth-order valence-electron chi connectivity index (χ4n) is 3.66. The van der Waals surface area contributed by atoms with Gasteiger partial charge in [-0.05, 0) is 61.7 Å². The van der Waals surface area contributed by atoms with Crippen LogP contribution in [0.1, 0.15) is 33.7 Å². The molecule has 0 bridgehead atoms. The molecule has 0 amide bonds. The molecule has 27 heavy (non-hydrogen) atoms. The molecular formula is C22H22BrClN2O. The number of halogens is 2. The largest absolute Gasteiger partial charge is 1.00 e. The van der Waals surface area contributed by atoms with Gasteiger partial charge in [0, 0.05) is 16.1 Å². The minimum absolute atomic E-state index is 0. The van der Waals surface area contributed by atoms with Gasteiger partial charge in [0.2, 0.25) is 5.78 Å². The first-order valence-corrected chi connectivity index (χ1v) is 9.39. The van der Waals surface area contributed by atoms with Crippen molar-refractivity contribution < 1.29 is 26.3 Å². The third-order valence-corrected chi connectivity index (χ3v) is 5.53. The molecule has 3 nitrogen and oxygen atoms in total. The van der Waals surface area contributed by atoms with Crippen molar-refractivity contribution in [3.8, 4) is 11.3 Å². The Kier molecular flexibility index (Phi) is 5.87. The molecule has 1 aliphatic heterocycles. The van der Waals surface area contributed by atoms with E-state index in [0.717, 1.165) is 46.8 Å². The number of carbonyl (C=O) groups excluding carboxylic acids is 1. The van der Waals surface area contributed by atoms with E-state index in [0.29, 0.717) is 6.54 Å². The van der Waals surface area contributed by atoms with Crippen molar-refractivity contribution in [2.75, 3.05) is 0 Å². The number of carbonyl (C=O) groups is 1. The summed E-state index contributed by atoms with van der Waals surface area (Å²) in [7, 11) is 0. The molecule has 5 heteroatoms. The van der Waals surface area contributed by atoms with Gasteiger partial charge in [-0.1, -0.05) is 23.7 Å². The molecule has 1 aliphatic rings. The first-order chi connectivity index (χ1) is 12.5. The van der Waals surface area contributed by atoms with E-state index in [9.17, 15) is 4.79 Å². The van der Waals surface area contributed by atoms with Crippen LogP contribution in [0.2, 0.25) is 5.02 Å². The Balaban J connectivity index is 0.00000210. The Bertz CT molecular complexity index is 992. The molecule has 0 saturated carbocycles. The molecule has 4 rings (SSSR count). The summed E-state index contributed by atoms with van der Waals surface area (Å²) in [5, 5.41) is 0.736. The first kappa shape index (κ1) is 19.8. The zero-order valence-electron chi connectivity index (χ0n) is 15.5. The number of fused-ring (bicyclic) bond motifs is 1. The smallest absolute Gasteiger partial charge is 0.257 e. The zero-order chi connectivity index (χ0) is 18.3. The lowest BCUT2D eigenvalue weighted by Crippen LogP contribution is -3.00. The molecular weight excluding hydrogens is 424 g/mol. The highest BCUT2D eigenvalue weighted by Gasteiger charge is 2.29. The average molecular weight is 446 g/mol. The van der Waals surface area contributed by atoms with Crippen LogP contribution in [-0.2, 0) is 19.5 Å². The van der Waals surface area contributed by atoms with Gasteiger partial charge in [0.05, 0.1) is 13.0 Å². The van der Waals surface area contributed by atoms with Gasteiger partial charge >= 0.3 is 0 Å². The molecule has 0 fully saturated rings. The Morgan fingerprint density at radius 1 is 1.11 bits per heavy atom. The summed E-state index contributed by atoms with van der Waals surface area (Å²) in [5.74, 6) is 1.38. The van der Waals surface area contributed by atoms with Crippen molar-refractivity contribution >= 4 is 17.4 Å². The predicted molar refractivity (Wildman–Crippen MR) is 104 cm³/mol. The SMILES string of the molecule is Cc1ccc(C(=O)C[n+]2cc(-c3ccc(Cl)cc3)n3c2CCC3)cc1C.[Br-]. The molecule has 140 valence electrons. The van der Waals surface area contributed by atoms with Gasteiger partial charge in [-0.15, -0.1) is 0 Å². The number of ketones is 1. The number of imidazole rings is 1. The number of hydrogen-bond donors (Lipinski definition) is 0. The van der Waals surface area contributed by atoms with Gasteiger partial charge < -0.3 is 17.0 Å². The van der Waals surface area contributed by atoms with Gasteiger partial charge in [-0.3, -0.25) is 4.79 Å². The number of benzene rings is 2. The van der Waals surface area contributed by atoms with Gasteiger partial charge in [-0.2, -0.15) is 0 Å². The fourth-order valence-corrected chi connectivity index (χ4v) is 3.78. The number of aryl methyl sites for hydroxylation is 2. The van der Waals surface area contributed by atoms with E-state index in [1.54, 1.807) is 0 Å². The van der Waals surface area contributed by atoms with Crippen molar-refractivity contribution in [1.29, 1.82) is 0 Å². The van der Waals surface area contributed by atoms with E-state index < -0.39 is 0 Å². The summed E-state index contributed by atoms with van der Waals surface area (Å²) < 4.78 is 4.45. The van der Waals surface area contributed by atoms with E-state index >= 15 is 0 Å². The number of rotatable bonds is 4. The quantitative estimate of drug-likeness (QED) is 0.442. The summed E-state index contributed by atoms with van der Waals surface area (Å²) in [6, 6.07) is 13.9. The highest BCUT2D eigenvalue weighted by Crippen LogP contribution is 2.26. The van der Waals surface area contributed by atoms with Gasteiger partial charge in [-0.25, -0.2) is 9.13 Å². The third kappa shape index (κ3) is 3.87. The Morgan fingerprint density at radius 3 is 2.56 bits per heavy atom. The number of aromatic nitrogens is 2. The van der Waals surface area contributed by atoms with Crippen LogP contribution in [-0.4, -0.2) is 10.4 Å². The number of hydrogen-bond acceptors (Lipinski definition) is 1. The van der Waals surface area contributed by atoms with Crippen molar-refractivity contribution in [2.45, 2.75) is 39.8 Å². The van der Waals surface area contributed by atoms with Crippen LogP contribution < -0.4 is 21.5 Å². The Hall–Kier alpha value is -1.91. The van der Waals surface area contributed by atoms with Gasteiger partial charge in [0.15, 0.2) is 12.2 Å². The summed E-state index contributed by atoms with van der Waals surface area (Å²) in [5.41, 5.74) is 5.44. The zero-order valence-corrected chi connectivity index (χ0v) is 17.8. The highest BCUT2D eigenvalue weighted by atomic mass is 79.9. The molecule has 2 heterocycles. The highest BCUT2D eigenvalue weighted by molar-refractivity contribution is 6.30. The van der Waals surface area contributed by atoms with Gasteiger partial charge in [0.1, 0.15) is 6.20 Å². The molecule has 0 spiro atoms. The first-order valence-electron chi connectivity index (χ1n) is 9.01. The maximum Gasteiger partial charge on any atom is 0.257 e. The molecule has 0 atom stereocenters. The summed E-state index contributed by atoms with van der Waals surface area (Å²) in [6.07, 6.45) is 4.24. The van der Waals surface area contributed by atoms with Crippen LogP contribution in [0.3, 0.4) is 0 Å². The second-order valence-electron chi connectivity index (χ2n) is 7.04. The van der Waals surface area contributed by atoms with Crippen molar-refractivity contribution in [3.63, 3.8) is 0 Å². The number of Topliss-reactive ketones (excluding diaryl/α,β-unsaturated/α-hetero) is 1. The lowest BCUT2D eigenvalue weighted by molar-refractivity contribution is -0.689. The molecule has 0 unspecified atom stereocenters. The van der Waals surface area contributed by atoms with E-state index in [1.807, 2.05) is 49.4 Å². The van der Waals surface area contributed by atoms with E-state index in [1.165, 1.54) is 11.4 Å². The van der Waals surface area contributed by atoms with Crippen LogP contribution in [0.25, 0.3) is 11.3 Å². The summed E-state index contributed by atoms with van der Waals surface area (Å²) in [4.78, 5) is 12.8. The second-order valence-corrected chi connectivity index (χ2v) is 7.48. The standard InChI is InChI=1S/C22H22ClN2O.BrH/c1-15-5-6-18(12-16(15)2)21(26)14-24-13-20(25-11-3-4-22(24)25)17-7-9-19(23)10-8-17;/h5-10,12-13H,3-4,11,14H2,1-2H3;1H/q+1;/p-1. The lowest BCUT2D eigenvalue weighted by Gasteiger charge is -2.04. The minimum Gasteiger partial charge on any atom is -1.00 e. The molecule has 0 radical (unpaired) electrons. The van der Waals surface area contributed by atoms with E-state index in [-0.39, 0.29) is 22.8 Å². The van der Waals surface area contributed by atoms with Crippen molar-refractivity contribution in [1.82, 2.24) is 4.57 Å². The van der Waals surface area contributed by atoms with Crippen molar-refractivity contribution in [3.05, 3.63) is 76.2 Å². The summed E-state index contributed by atoms with van der Waals surface area (Å²) in [6.45, 7) is 5.49. The normalized spacial score (nSPS) is 12.6. The van der Waals surface area contributed by atoms with Crippen LogP contribution in [0.4, 0.5) is 0 Å². The minimum atomic E-state index is 0. The van der Waals surface area contributed by atoms with Crippen LogP contribution >= 0.6 is 11.6 Å². The van der Waals surface area contributed by atoms with Crippen LogP contribution in [0.5, 0.6) is 0 Å². The van der Waals surface area contributed by atoms with Crippen LogP contribution in [0, 0.1) is 13.8 Å². The molecule has 0 N–H and O–H groups in total. The van der Waals surface area contributed by atoms with Crippen molar-refractivity contribution in [2.24, 2.45) is 0 Å². The maximum absolute atomic E-state index is 12.8. The Labute approximate surface area is 175 Å². The van der Waals surface area contributed by atoms with Crippen LogP contribution in [0.15, 0.2) is 48.7 Å². The molecule has 0 aliphatic carbocycles. The third-order valence-electron chi connectivity index (χ3n) is 5.28. The second kappa shape index (κ2) is 7.99. The molecule has 2 aromatic carbocycles. The van der Waals surface area contributed by atoms with E-state index in [2.05, 4.69) is 22.3 Å². The molecule has 3 aromatic rings. The van der Waals surface area contributed by atoms with Gasteiger partial charge in [0.25, 0.3) is 5.82 Å². The lowest BCUT2D eigenvalue weighted by atomic mass is 10.0. The number of nitrogens with zero attached hydrogens (tertiary/aromatic N) is 2. The monoisotopic (exact) mass is 444 g/mol. The summed E-state index contributed by atoms with van der Waals surface area (Å²) >= 11 is 6.03. The Morgan fingerprint density at radius 2 is 1.85 bits per heavy atom. The molecule has 0 saturated heterocycles. The predicted octanol–water partition coefficient (Wildman–Crippen LogP) is 1.55. The fraction of sp³-hybridized carbons (Fsp3) is 0.273. The van der Waals surface area contributed by atoms with E-state index in [4.69, 9.17) is 11.6 Å². The average Bonchev–Trinajstić information content (AvgIpc) is 3.22. The molecule has 1 aromatic heterocycles. The topological polar surface area (TPSA) is 25.9 Å². The maximum atomic E-state index is 12.8.